The third-order valence-corrected chi connectivity index (χ3v) is 5.39. The van der Waals surface area contributed by atoms with Gasteiger partial charge < -0.3 is 9.68 Å². The number of halogens is 5. The van der Waals surface area contributed by atoms with Gasteiger partial charge in [0.05, 0.1) is 5.71 Å². The van der Waals surface area contributed by atoms with Gasteiger partial charge in [0.1, 0.15) is 13.4 Å². The van der Waals surface area contributed by atoms with Crippen molar-refractivity contribution in [1.29, 1.82) is 0 Å². The zero-order valence-electron chi connectivity index (χ0n) is 17.2. The van der Waals surface area contributed by atoms with Crippen molar-refractivity contribution in [3.8, 4) is 0 Å². The Balaban J connectivity index is 1.93. The monoisotopic (exact) mass is 487 g/mol. The fraction of sp³-hybridized carbons (Fsp3) is 0.286. The quantitative estimate of drug-likeness (QED) is 0.315. The molecule has 0 bridgehead atoms. The highest BCUT2D eigenvalue weighted by molar-refractivity contribution is 6.34. The maximum Gasteiger partial charge on any atom is 0.435 e. The van der Waals surface area contributed by atoms with Crippen LogP contribution in [-0.4, -0.2) is 43.2 Å². The van der Waals surface area contributed by atoms with Crippen molar-refractivity contribution in [2.24, 2.45) is 10.3 Å². The number of nitrogens with zero attached hydrogens (tertiary/aromatic N) is 3. The van der Waals surface area contributed by atoms with Gasteiger partial charge in [-0.05, 0) is 48.4 Å². The maximum absolute atomic E-state index is 14.1. The van der Waals surface area contributed by atoms with Crippen LogP contribution in [0.2, 0.25) is 10.0 Å². The van der Waals surface area contributed by atoms with Gasteiger partial charge in [-0.3, -0.25) is 9.69 Å². The standard InChI is InChI=1S/C21H18Cl2F3N3O3/c1-12-6-13(4-5-17(12)19(30)29(2)11-27-31-3)18-10-20(32-28-18,21(24,25)26)14-7-15(22)9-16(23)8-14/h4-9,11H,10H2,1-3H3. The van der Waals surface area contributed by atoms with Crippen molar-refractivity contribution in [2.45, 2.75) is 25.1 Å². The van der Waals surface area contributed by atoms with Crippen LogP contribution in [0.15, 0.2) is 46.7 Å². The second-order valence-corrected chi connectivity index (χ2v) is 8.01. The first-order valence-electron chi connectivity index (χ1n) is 9.21. The molecule has 0 fully saturated rings. The summed E-state index contributed by atoms with van der Waals surface area (Å²) in [5.74, 6) is -0.363. The van der Waals surface area contributed by atoms with Crippen LogP contribution < -0.4 is 0 Å². The van der Waals surface area contributed by atoms with Gasteiger partial charge in [-0.1, -0.05) is 39.6 Å². The van der Waals surface area contributed by atoms with E-state index in [2.05, 4.69) is 15.1 Å². The van der Waals surface area contributed by atoms with Gasteiger partial charge >= 0.3 is 6.18 Å². The minimum atomic E-state index is -4.79. The Morgan fingerprint density at radius 1 is 1.25 bits per heavy atom. The molecule has 6 nitrogen and oxygen atoms in total. The highest BCUT2D eigenvalue weighted by Crippen LogP contribution is 2.49. The summed E-state index contributed by atoms with van der Waals surface area (Å²) in [4.78, 5) is 23.3. The number of aryl methyl sites for hydroxylation is 1. The van der Waals surface area contributed by atoms with E-state index in [1.54, 1.807) is 13.0 Å². The molecule has 0 spiro atoms. The van der Waals surface area contributed by atoms with E-state index in [9.17, 15) is 18.0 Å². The summed E-state index contributed by atoms with van der Waals surface area (Å²) in [6, 6.07) is 8.25. The fourth-order valence-electron chi connectivity index (χ4n) is 3.29. The van der Waals surface area contributed by atoms with Gasteiger partial charge in [0.25, 0.3) is 11.5 Å². The molecule has 2 aromatic carbocycles. The van der Waals surface area contributed by atoms with Crippen molar-refractivity contribution in [2.75, 3.05) is 14.2 Å². The molecule has 2 aromatic rings. The molecule has 1 aliphatic heterocycles. The number of alkyl halides is 3. The lowest BCUT2D eigenvalue weighted by atomic mass is 9.86. The highest BCUT2D eigenvalue weighted by Gasteiger charge is 2.62. The first-order valence-corrected chi connectivity index (χ1v) is 9.97. The molecule has 1 atom stereocenters. The lowest BCUT2D eigenvalue weighted by molar-refractivity contribution is -0.275. The zero-order chi connectivity index (χ0) is 23.7. The molecule has 0 aromatic heterocycles. The Labute approximate surface area is 192 Å². The summed E-state index contributed by atoms with van der Waals surface area (Å²) in [6.45, 7) is 1.67. The molecule has 0 N–H and O–H groups in total. The number of hydrogen-bond donors (Lipinski definition) is 0. The lowest BCUT2D eigenvalue weighted by Crippen LogP contribution is -2.42. The Morgan fingerprint density at radius 3 is 2.47 bits per heavy atom. The van der Waals surface area contributed by atoms with Gasteiger partial charge in [0.2, 0.25) is 0 Å². The molecule has 32 heavy (non-hydrogen) atoms. The molecule has 1 amide bonds. The van der Waals surface area contributed by atoms with E-state index in [-0.39, 0.29) is 27.2 Å². The van der Waals surface area contributed by atoms with Crippen LogP contribution in [0.25, 0.3) is 0 Å². The summed E-state index contributed by atoms with van der Waals surface area (Å²) < 4.78 is 42.4. The summed E-state index contributed by atoms with van der Waals surface area (Å²) in [5.41, 5.74) is -1.61. The van der Waals surface area contributed by atoms with Gasteiger partial charge in [0, 0.05) is 34.6 Å². The molecule has 0 saturated carbocycles. The summed E-state index contributed by atoms with van der Waals surface area (Å²) >= 11 is 11.8. The first-order chi connectivity index (χ1) is 15.0. The van der Waals surface area contributed by atoms with Crippen molar-refractivity contribution >= 4 is 41.2 Å². The van der Waals surface area contributed by atoms with Crippen molar-refractivity contribution in [3.05, 3.63) is 68.7 Å². The number of carbonyl (C=O) groups is 1. The van der Waals surface area contributed by atoms with E-state index >= 15 is 0 Å². The number of amides is 1. The normalized spacial score (nSPS) is 18.4. The Kier molecular flexibility index (Phi) is 6.71. The first kappa shape index (κ1) is 23.9. The van der Waals surface area contributed by atoms with Gasteiger partial charge in [-0.15, -0.1) is 0 Å². The number of oxime groups is 2. The molecule has 0 radical (unpaired) electrons. The van der Waals surface area contributed by atoms with E-state index < -0.39 is 18.2 Å². The predicted molar refractivity (Wildman–Crippen MR) is 115 cm³/mol. The molecular weight excluding hydrogens is 470 g/mol. The Morgan fingerprint density at radius 2 is 1.91 bits per heavy atom. The van der Waals surface area contributed by atoms with E-state index in [0.717, 1.165) is 12.1 Å². The second kappa shape index (κ2) is 8.99. The van der Waals surface area contributed by atoms with E-state index in [1.165, 1.54) is 43.6 Å². The smallest absolute Gasteiger partial charge is 0.398 e. The second-order valence-electron chi connectivity index (χ2n) is 7.14. The number of benzene rings is 2. The molecule has 0 aliphatic carbocycles. The van der Waals surface area contributed by atoms with E-state index in [0.29, 0.717) is 16.7 Å². The number of rotatable bonds is 5. The molecule has 11 heteroatoms. The third-order valence-electron chi connectivity index (χ3n) is 4.95. The van der Waals surface area contributed by atoms with Crippen LogP contribution in [0.3, 0.4) is 0 Å². The molecule has 170 valence electrons. The third kappa shape index (κ3) is 4.54. The van der Waals surface area contributed by atoms with Gasteiger partial charge in [-0.25, -0.2) is 0 Å². The fourth-order valence-corrected chi connectivity index (χ4v) is 3.81. The molecule has 1 unspecified atom stereocenters. The van der Waals surface area contributed by atoms with Gasteiger partial charge in [-0.2, -0.15) is 13.2 Å². The molecule has 1 aliphatic rings. The molecular formula is C21H18Cl2F3N3O3. The largest absolute Gasteiger partial charge is 0.435 e. The molecule has 3 rings (SSSR count). The van der Waals surface area contributed by atoms with Gasteiger partial charge in [0.15, 0.2) is 0 Å². The minimum Gasteiger partial charge on any atom is -0.398 e. The lowest BCUT2D eigenvalue weighted by Gasteiger charge is -2.29. The molecule has 1 heterocycles. The highest BCUT2D eigenvalue weighted by atomic mass is 35.5. The van der Waals surface area contributed by atoms with Crippen LogP contribution in [0.1, 0.15) is 33.5 Å². The Bertz CT molecular complexity index is 1090. The van der Waals surface area contributed by atoms with Crippen LogP contribution in [0.4, 0.5) is 13.2 Å². The van der Waals surface area contributed by atoms with Crippen LogP contribution in [0.5, 0.6) is 0 Å². The van der Waals surface area contributed by atoms with Crippen LogP contribution in [-0.2, 0) is 15.3 Å². The summed E-state index contributed by atoms with van der Waals surface area (Å²) in [6.07, 6.45) is -4.17. The maximum atomic E-state index is 14.1. The summed E-state index contributed by atoms with van der Waals surface area (Å²) in [7, 11) is 2.85. The van der Waals surface area contributed by atoms with Crippen molar-refractivity contribution in [1.82, 2.24) is 4.90 Å². The zero-order valence-corrected chi connectivity index (χ0v) is 18.7. The summed E-state index contributed by atoms with van der Waals surface area (Å²) in [5, 5.41) is 7.36. The SMILES string of the molecule is CON=CN(C)C(=O)c1ccc(C2=NOC(c3cc(Cl)cc(Cl)c3)(C(F)(F)F)C2)cc1C. The van der Waals surface area contributed by atoms with E-state index in [4.69, 9.17) is 28.0 Å². The number of carbonyl (C=O) groups excluding carboxylic acids is 1. The number of hydrogen-bond acceptors (Lipinski definition) is 5. The van der Waals surface area contributed by atoms with Crippen molar-refractivity contribution in [3.63, 3.8) is 0 Å². The topological polar surface area (TPSA) is 63.5 Å². The van der Waals surface area contributed by atoms with Crippen molar-refractivity contribution < 1.29 is 27.6 Å². The predicted octanol–water partition coefficient (Wildman–Crippen LogP) is 5.55. The Hall–Kier alpha value is -2.78. The minimum absolute atomic E-state index is 0.0491. The average molecular weight is 488 g/mol. The molecule has 0 saturated heterocycles. The van der Waals surface area contributed by atoms with Crippen LogP contribution >= 0.6 is 23.2 Å². The van der Waals surface area contributed by atoms with Crippen LogP contribution in [0, 0.1) is 6.92 Å². The average Bonchev–Trinajstić information content (AvgIpc) is 3.17. The van der Waals surface area contributed by atoms with E-state index in [1.807, 2.05) is 0 Å².